The van der Waals surface area contributed by atoms with Gasteiger partial charge in [0.15, 0.2) is 0 Å². The third-order valence-corrected chi connectivity index (χ3v) is 4.19. The van der Waals surface area contributed by atoms with Crippen LogP contribution < -0.4 is 5.32 Å². The average molecular weight is 225 g/mol. The fourth-order valence-corrected chi connectivity index (χ4v) is 2.84. The van der Waals surface area contributed by atoms with Crippen LogP contribution in [0.1, 0.15) is 30.5 Å². The molecule has 0 aliphatic carbocycles. The van der Waals surface area contributed by atoms with Crippen LogP contribution in [0.15, 0.2) is 12.1 Å². The SMILES string of the molecule is CCc1ccc(CC(CNC)C(C)C)s1. The lowest BCUT2D eigenvalue weighted by atomic mass is 9.92. The van der Waals surface area contributed by atoms with Gasteiger partial charge in [-0.15, -0.1) is 11.3 Å². The van der Waals surface area contributed by atoms with E-state index in [2.05, 4.69) is 38.2 Å². The van der Waals surface area contributed by atoms with Gasteiger partial charge in [-0.05, 0) is 50.4 Å². The molecule has 0 amide bonds. The van der Waals surface area contributed by atoms with Crippen molar-refractivity contribution in [3.8, 4) is 0 Å². The molecule has 1 aromatic heterocycles. The Morgan fingerprint density at radius 3 is 2.40 bits per heavy atom. The lowest BCUT2D eigenvalue weighted by Gasteiger charge is -2.19. The van der Waals surface area contributed by atoms with Crippen LogP contribution in [0.3, 0.4) is 0 Å². The van der Waals surface area contributed by atoms with Crippen LogP contribution in [0.4, 0.5) is 0 Å². The summed E-state index contributed by atoms with van der Waals surface area (Å²) >= 11 is 1.98. The zero-order valence-electron chi connectivity index (χ0n) is 10.3. The van der Waals surface area contributed by atoms with E-state index in [-0.39, 0.29) is 0 Å². The van der Waals surface area contributed by atoms with Crippen LogP contribution in [0.2, 0.25) is 0 Å². The maximum absolute atomic E-state index is 3.29. The minimum Gasteiger partial charge on any atom is -0.319 e. The van der Waals surface area contributed by atoms with Gasteiger partial charge in [0.1, 0.15) is 0 Å². The fraction of sp³-hybridized carbons (Fsp3) is 0.692. The second-order valence-electron chi connectivity index (χ2n) is 4.49. The van der Waals surface area contributed by atoms with E-state index in [0.717, 1.165) is 18.4 Å². The minimum absolute atomic E-state index is 0.754. The predicted octanol–water partition coefficient (Wildman–Crippen LogP) is 3.34. The molecule has 0 aliphatic rings. The van der Waals surface area contributed by atoms with Crippen molar-refractivity contribution in [2.24, 2.45) is 11.8 Å². The molecule has 0 aromatic carbocycles. The van der Waals surface area contributed by atoms with Crippen molar-refractivity contribution >= 4 is 11.3 Å². The van der Waals surface area contributed by atoms with Crippen LogP contribution in [0.25, 0.3) is 0 Å². The molecule has 0 bridgehead atoms. The smallest absolute Gasteiger partial charge is 0.00515 e. The monoisotopic (exact) mass is 225 g/mol. The summed E-state index contributed by atoms with van der Waals surface area (Å²) < 4.78 is 0. The summed E-state index contributed by atoms with van der Waals surface area (Å²) in [4.78, 5) is 3.05. The van der Waals surface area contributed by atoms with Crippen LogP contribution in [0.5, 0.6) is 0 Å². The molecule has 0 radical (unpaired) electrons. The molecule has 1 unspecified atom stereocenters. The third-order valence-electron chi connectivity index (χ3n) is 2.94. The summed E-state index contributed by atoms with van der Waals surface area (Å²) in [6.45, 7) is 7.98. The van der Waals surface area contributed by atoms with E-state index >= 15 is 0 Å². The summed E-state index contributed by atoms with van der Waals surface area (Å²) in [6, 6.07) is 4.57. The van der Waals surface area contributed by atoms with Crippen molar-refractivity contribution in [3.05, 3.63) is 21.9 Å². The Labute approximate surface area is 97.9 Å². The first-order valence-corrected chi connectivity index (χ1v) is 6.71. The van der Waals surface area contributed by atoms with Gasteiger partial charge in [-0.1, -0.05) is 20.8 Å². The molecule has 0 saturated carbocycles. The highest BCUT2D eigenvalue weighted by Crippen LogP contribution is 2.23. The van der Waals surface area contributed by atoms with Crippen molar-refractivity contribution in [2.75, 3.05) is 13.6 Å². The van der Waals surface area contributed by atoms with Gasteiger partial charge in [-0.2, -0.15) is 0 Å². The van der Waals surface area contributed by atoms with Gasteiger partial charge >= 0.3 is 0 Å². The first kappa shape index (κ1) is 12.7. The average Bonchev–Trinajstić information content (AvgIpc) is 2.65. The highest BCUT2D eigenvalue weighted by atomic mass is 32.1. The highest BCUT2D eigenvalue weighted by molar-refractivity contribution is 7.11. The molecule has 1 nitrogen and oxygen atoms in total. The topological polar surface area (TPSA) is 12.0 Å². The number of hydrogen-bond acceptors (Lipinski definition) is 2. The zero-order valence-corrected chi connectivity index (χ0v) is 11.2. The van der Waals surface area contributed by atoms with E-state index in [9.17, 15) is 0 Å². The largest absolute Gasteiger partial charge is 0.319 e. The number of rotatable bonds is 6. The molecular formula is C13H23NS. The van der Waals surface area contributed by atoms with Gasteiger partial charge in [0.25, 0.3) is 0 Å². The normalized spacial score (nSPS) is 13.4. The zero-order chi connectivity index (χ0) is 11.3. The van der Waals surface area contributed by atoms with Crippen LogP contribution >= 0.6 is 11.3 Å². The first-order chi connectivity index (χ1) is 7.17. The Balaban J connectivity index is 2.57. The van der Waals surface area contributed by atoms with Gasteiger partial charge in [0.05, 0.1) is 0 Å². The fourth-order valence-electron chi connectivity index (χ4n) is 1.79. The van der Waals surface area contributed by atoms with Gasteiger partial charge in [-0.25, -0.2) is 0 Å². The van der Waals surface area contributed by atoms with Gasteiger partial charge < -0.3 is 5.32 Å². The Morgan fingerprint density at radius 2 is 1.93 bits per heavy atom. The summed E-state index contributed by atoms with van der Waals surface area (Å²) in [5.41, 5.74) is 0. The van der Waals surface area contributed by atoms with Gasteiger partial charge in [0, 0.05) is 9.75 Å². The van der Waals surface area contributed by atoms with Crippen LogP contribution in [-0.2, 0) is 12.8 Å². The molecule has 0 fully saturated rings. The standard InChI is InChI=1S/C13H23NS/c1-5-12-6-7-13(15-12)8-11(9-14-4)10(2)3/h6-7,10-11,14H,5,8-9H2,1-4H3. The van der Waals surface area contributed by atoms with Gasteiger partial charge in [-0.3, -0.25) is 0 Å². The number of hydrogen-bond donors (Lipinski definition) is 1. The Morgan fingerprint density at radius 1 is 1.27 bits per heavy atom. The minimum atomic E-state index is 0.754. The quantitative estimate of drug-likeness (QED) is 0.783. The second-order valence-corrected chi connectivity index (χ2v) is 5.74. The number of aryl methyl sites for hydroxylation is 1. The summed E-state index contributed by atoms with van der Waals surface area (Å²) in [6.07, 6.45) is 2.40. The molecule has 1 rings (SSSR count). The lowest BCUT2D eigenvalue weighted by Crippen LogP contribution is -2.24. The van der Waals surface area contributed by atoms with E-state index in [0.29, 0.717) is 0 Å². The maximum Gasteiger partial charge on any atom is 0.00515 e. The van der Waals surface area contributed by atoms with E-state index in [1.165, 1.54) is 17.7 Å². The van der Waals surface area contributed by atoms with Crippen LogP contribution in [-0.4, -0.2) is 13.6 Å². The molecular weight excluding hydrogens is 202 g/mol. The van der Waals surface area contributed by atoms with Crippen molar-refractivity contribution in [1.29, 1.82) is 0 Å². The predicted molar refractivity (Wildman–Crippen MR) is 69.7 cm³/mol. The summed E-state index contributed by atoms with van der Waals surface area (Å²) in [5, 5.41) is 3.29. The van der Waals surface area contributed by atoms with Crippen molar-refractivity contribution in [1.82, 2.24) is 5.32 Å². The lowest BCUT2D eigenvalue weighted by molar-refractivity contribution is 0.372. The van der Waals surface area contributed by atoms with Crippen molar-refractivity contribution in [2.45, 2.75) is 33.6 Å². The second kappa shape index (κ2) is 6.29. The first-order valence-electron chi connectivity index (χ1n) is 5.89. The van der Waals surface area contributed by atoms with Crippen molar-refractivity contribution < 1.29 is 0 Å². The number of thiophene rings is 1. The highest BCUT2D eigenvalue weighted by Gasteiger charge is 2.14. The summed E-state index contributed by atoms with van der Waals surface area (Å²) in [5.74, 6) is 1.52. The molecule has 15 heavy (non-hydrogen) atoms. The molecule has 1 N–H and O–H groups in total. The molecule has 0 spiro atoms. The third kappa shape index (κ3) is 3.96. The Kier molecular flexibility index (Phi) is 5.34. The number of nitrogens with one attached hydrogen (secondary N) is 1. The van der Waals surface area contributed by atoms with E-state index in [1.807, 2.05) is 18.4 Å². The molecule has 1 atom stereocenters. The molecule has 86 valence electrons. The van der Waals surface area contributed by atoms with Crippen molar-refractivity contribution in [3.63, 3.8) is 0 Å². The van der Waals surface area contributed by atoms with E-state index in [4.69, 9.17) is 0 Å². The molecule has 2 heteroatoms. The van der Waals surface area contributed by atoms with E-state index in [1.54, 1.807) is 4.88 Å². The Bertz CT molecular complexity index is 278. The van der Waals surface area contributed by atoms with Crippen LogP contribution in [0, 0.1) is 11.8 Å². The molecule has 1 heterocycles. The maximum atomic E-state index is 3.29. The summed E-state index contributed by atoms with van der Waals surface area (Å²) in [7, 11) is 2.04. The van der Waals surface area contributed by atoms with Gasteiger partial charge in [0.2, 0.25) is 0 Å². The molecule has 0 aliphatic heterocycles. The molecule has 1 aromatic rings. The van der Waals surface area contributed by atoms with E-state index < -0.39 is 0 Å². The molecule has 0 saturated heterocycles. The Hall–Kier alpha value is -0.340.